The topological polar surface area (TPSA) is 55.4 Å². The Bertz CT molecular complexity index is 871. The monoisotopic (exact) mass is 547 g/mol. The number of benzene rings is 2. The molecule has 0 unspecified atom stereocenters. The maximum Gasteiger partial charge on any atom is 0.328 e. The van der Waals surface area contributed by atoms with Crippen LogP contribution in [0.25, 0.3) is 0 Å². The van der Waals surface area contributed by atoms with E-state index < -0.39 is 12.0 Å². The SMILES string of the molecule is CCOC(=O)[C@H](Cc1ccc(Cl)cc1)NC(=O)CCc1cc(SCCCl)cc(SCCCl)c1. The number of ether oxygens (including phenoxy) is 1. The van der Waals surface area contributed by atoms with E-state index >= 15 is 0 Å². The van der Waals surface area contributed by atoms with Gasteiger partial charge in [0, 0.05) is 50.9 Å². The van der Waals surface area contributed by atoms with Crippen molar-refractivity contribution in [2.24, 2.45) is 0 Å². The molecule has 1 amide bonds. The Kier molecular flexibility index (Phi) is 13.5. The van der Waals surface area contributed by atoms with Crippen LogP contribution in [0.15, 0.2) is 52.3 Å². The van der Waals surface area contributed by atoms with Crippen molar-refractivity contribution in [2.45, 2.75) is 42.0 Å². The molecule has 0 heterocycles. The highest BCUT2D eigenvalue weighted by atomic mass is 35.5. The largest absolute Gasteiger partial charge is 0.464 e. The van der Waals surface area contributed by atoms with Crippen LogP contribution in [0.4, 0.5) is 0 Å². The van der Waals surface area contributed by atoms with Crippen LogP contribution in [-0.4, -0.2) is 47.8 Å². The second-order valence-electron chi connectivity index (χ2n) is 7.09. The predicted molar refractivity (Wildman–Crippen MR) is 141 cm³/mol. The number of rotatable bonds is 14. The summed E-state index contributed by atoms with van der Waals surface area (Å²) in [4.78, 5) is 27.4. The molecule has 4 nitrogen and oxygen atoms in total. The summed E-state index contributed by atoms with van der Waals surface area (Å²) in [6.07, 6.45) is 1.16. The average molecular weight is 549 g/mol. The lowest BCUT2D eigenvalue weighted by atomic mass is 10.1. The van der Waals surface area contributed by atoms with Gasteiger partial charge in [-0.05, 0) is 54.8 Å². The first kappa shape index (κ1) is 28.2. The van der Waals surface area contributed by atoms with Crippen molar-refractivity contribution >= 4 is 70.2 Å². The van der Waals surface area contributed by atoms with Crippen LogP contribution in [0.2, 0.25) is 5.02 Å². The van der Waals surface area contributed by atoms with Gasteiger partial charge in [-0.2, -0.15) is 0 Å². The van der Waals surface area contributed by atoms with Gasteiger partial charge in [0.2, 0.25) is 5.91 Å². The summed E-state index contributed by atoms with van der Waals surface area (Å²) >= 11 is 21.0. The molecule has 0 spiro atoms. The van der Waals surface area contributed by atoms with Crippen molar-refractivity contribution in [2.75, 3.05) is 29.9 Å². The molecule has 0 saturated carbocycles. The zero-order chi connectivity index (χ0) is 24.1. The van der Waals surface area contributed by atoms with E-state index in [1.165, 1.54) is 0 Å². The van der Waals surface area contributed by atoms with Crippen molar-refractivity contribution in [3.8, 4) is 0 Å². The molecule has 33 heavy (non-hydrogen) atoms. The number of aryl methyl sites for hydroxylation is 1. The van der Waals surface area contributed by atoms with Crippen LogP contribution < -0.4 is 5.32 Å². The molecule has 180 valence electrons. The van der Waals surface area contributed by atoms with E-state index in [2.05, 4.69) is 23.5 Å². The van der Waals surface area contributed by atoms with Gasteiger partial charge in [0.05, 0.1) is 6.61 Å². The molecule has 9 heteroatoms. The molecule has 0 saturated heterocycles. The smallest absolute Gasteiger partial charge is 0.328 e. The lowest BCUT2D eigenvalue weighted by Crippen LogP contribution is -2.43. The number of carbonyl (C=O) groups is 2. The van der Waals surface area contributed by atoms with Crippen molar-refractivity contribution in [1.29, 1.82) is 0 Å². The fourth-order valence-corrected chi connectivity index (χ4v) is 5.25. The fourth-order valence-electron chi connectivity index (χ4n) is 3.07. The number of amides is 1. The van der Waals surface area contributed by atoms with Crippen LogP contribution >= 0.6 is 58.3 Å². The highest BCUT2D eigenvalue weighted by molar-refractivity contribution is 8.00. The standard InChI is InChI=1S/C24H28Cl3NO3S2/c1-2-31-24(30)22(15-17-3-6-19(27)7-4-17)28-23(29)8-5-18-13-20(32-11-9-25)16-21(14-18)33-12-10-26/h3-4,6-7,13-14,16,22H,2,5,8-12,15H2,1H3,(H,28,29)/t22-/m0/s1. The third-order valence-corrected chi connectivity index (χ3v) is 7.56. The molecule has 0 aromatic heterocycles. The molecule has 0 aliphatic rings. The molecular weight excluding hydrogens is 521 g/mol. The third-order valence-electron chi connectivity index (χ3n) is 4.53. The molecule has 1 atom stereocenters. The number of esters is 1. The number of alkyl halides is 2. The minimum absolute atomic E-state index is 0.198. The molecule has 0 fully saturated rings. The maximum absolute atomic E-state index is 12.7. The highest BCUT2D eigenvalue weighted by Gasteiger charge is 2.22. The second-order valence-corrected chi connectivity index (χ2v) is 10.6. The number of hydrogen-bond donors (Lipinski definition) is 1. The molecule has 0 aliphatic heterocycles. The van der Waals surface area contributed by atoms with E-state index in [1.807, 2.05) is 12.1 Å². The van der Waals surface area contributed by atoms with Gasteiger partial charge in [-0.15, -0.1) is 46.7 Å². The quantitative estimate of drug-likeness (QED) is 0.172. The molecule has 2 aromatic rings. The molecule has 0 aliphatic carbocycles. The predicted octanol–water partition coefficient (Wildman–Crippen LogP) is 6.23. The van der Waals surface area contributed by atoms with Crippen LogP contribution in [0.5, 0.6) is 0 Å². The van der Waals surface area contributed by atoms with Crippen molar-refractivity contribution in [3.63, 3.8) is 0 Å². The van der Waals surface area contributed by atoms with E-state index in [4.69, 9.17) is 39.5 Å². The van der Waals surface area contributed by atoms with Gasteiger partial charge in [0.1, 0.15) is 6.04 Å². The number of carbonyl (C=O) groups excluding carboxylic acids is 2. The first-order valence-corrected chi connectivity index (χ1v) is 14.1. The van der Waals surface area contributed by atoms with Crippen LogP contribution in [0.3, 0.4) is 0 Å². The summed E-state index contributed by atoms with van der Waals surface area (Å²) in [6.45, 7) is 2.00. The summed E-state index contributed by atoms with van der Waals surface area (Å²) in [5.41, 5.74) is 1.95. The van der Waals surface area contributed by atoms with Crippen molar-refractivity contribution < 1.29 is 14.3 Å². The van der Waals surface area contributed by atoms with Gasteiger partial charge in [-0.3, -0.25) is 4.79 Å². The molecule has 0 radical (unpaired) electrons. The Labute approximate surface area is 219 Å². The maximum atomic E-state index is 12.7. The highest BCUT2D eigenvalue weighted by Crippen LogP contribution is 2.28. The third kappa shape index (κ3) is 10.8. The molecular formula is C24H28Cl3NO3S2. The van der Waals surface area contributed by atoms with E-state index in [1.54, 1.807) is 42.6 Å². The first-order chi connectivity index (χ1) is 15.9. The zero-order valence-corrected chi connectivity index (χ0v) is 22.4. The Morgan fingerprint density at radius 2 is 1.58 bits per heavy atom. The minimum Gasteiger partial charge on any atom is -0.464 e. The number of thioether (sulfide) groups is 2. The van der Waals surface area contributed by atoms with E-state index in [9.17, 15) is 9.59 Å². The number of nitrogens with one attached hydrogen (secondary N) is 1. The van der Waals surface area contributed by atoms with Gasteiger partial charge in [0.25, 0.3) is 0 Å². The van der Waals surface area contributed by atoms with Gasteiger partial charge < -0.3 is 10.1 Å². The van der Waals surface area contributed by atoms with Crippen LogP contribution in [-0.2, 0) is 27.2 Å². The van der Waals surface area contributed by atoms with Crippen molar-refractivity contribution in [1.82, 2.24) is 5.32 Å². The number of halogens is 3. The summed E-state index contributed by atoms with van der Waals surface area (Å²) in [5, 5.41) is 3.46. The van der Waals surface area contributed by atoms with Gasteiger partial charge in [-0.1, -0.05) is 23.7 Å². The Morgan fingerprint density at radius 1 is 0.970 bits per heavy atom. The zero-order valence-electron chi connectivity index (χ0n) is 18.5. The lowest BCUT2D eigenvalue weighted by molar-refractivity contribution is -0.147. The minimum atomic E-state index is -0.751. The van der Waals surface area contributed by atoms with Gasteiger partial charge in [0.15, 0.2) is 0 Å². The average Bonchev–Trinajstić information content (AvgIpc) is 2.81. The molecule has 2 aromatic carbocycles. The summed E-state index contributed by atoms with van der Waals surface area (Å²) in [7, 11) is 0. The van der Waals surface area contributed by atoms with Gasteiger partial charge in [-0.25, -0.2) is 4.79 Å². The van der Waals surface area contributed by atoms with Crippen molar-refractivity contribution in [3.05, 3.63) is 58.6 Å². The molecule has 0 bridgehead atoms. The fraction of sp³-hybridized carbons (Fsp3) is 0.417. The lowest BCUT2D eigenvalue weighted by Gasteiger charge is -2.18. The van der Waals surface area contributed by atoms with E-state index in [0.29, 0.717) is 29.6 Å². The Hall–Kier alpha value is -1.05. The van der Waals surface area contributed by atoms with Crippen LogP contribution in [0.1, 0.15) is 24.5 Å². The first-order valence-electron chi connectivity index (χ1n) is 10.7. The molecule has 1 N–H and O–H groups in total. The Morgan fingerprint density at radius 3 is 2.12 bits per heavy atom. The van der Waals surface area contributed by atoms with E-state index in [0.717, 1.165) is 32.4 Å². The normalized spacial score (nSPS) is 11.8. The molecule has 2 rings (SSSR count). The van der Waals surface area contributed by atoms with Gasteiger partial charge >= 0.3 is 5.97 Å². The summed E-state index contributed by atoms with van der Waals surface area (Å²) in [6, 6.07) is 12.7. The summed E-state index contributed by atoms with van der Waals surface area (Å²) < 4.78 is 5.16. The second kappa shape index (κ2) is 15.8. The number of hydrogen-bond acceptors (Lipinski definition) is 5. The van der Waals surface area contributed by atoms with E-state index in [-0.39, 0.29) is 18.9 Å². The Balaban J connectivity index is 2.03. The summed E-state index contributed by atoms with van der Waals surface area (Å²) in [5.74, 6) is 2.14. The van der Waals surface area contributed by atoms with Crippen LogP contribution in [0, 0.1) is 0 Å².